The van der Waals surface area contributed by atoms with Crippen molar-refractivity contribution in [3.63, 3.8) is 0 Å². The van der Waals surface area contributed by atoms with Crippen molar-refractivity contribution in [1.29, 1.82) is 0 Å². The van der Waals surface area contributed by atoms with E-state index in [0.717, 1.165) is 11.5 Å². The fourth-order valence-corrected chi connectivity index (χ4v) is 1.89. The van der Waals surface area contributed by atoms with Gasteiger partial charge in [0.2, 0.25) is 0 Å². The van der Waals surface area contributed by atoms with E-state index < -0.39 is 0 Å². The molecule has 1 aromatic heterocycles. The fourth-order valence-electron chi connectivity index (χ4n) is 1.08. The van der Waals surface area contributed by atoms with E-state index >= 15 is 0 Å². The molecule has 1 heterocycles. The van der Waals surface area contributed by atoms with E-state index in [0.29, 0.717) is 22.0 Å². The molecule has 0 radical (unpaired) electrons. The van der Waals surface area contributed by atoms with Crippen LogP contribution in [0.4, 0.5) is 0 Å². The minimum Gasteiger partial charge on any atom is -0.393 e. The second-order valence-electron chi connectivity index (χ2n) is 3.23. The van der Waals surface area contributed by atoms with Gasteiger partial charge in [-0.3, -0.25) is 4.79 Å². The van der Waals surface area contributed by atoms with Crippen molar-refractivity contribution in [2.24, 2.45) is 5.73 Å². The molecule has 5 nitrogen and oxygen atoms in total. The van der Waals surface area contributed by atoms with Gasteiger partial charge in [0.15, 0.2) is 0 Å². The average molecular weight is 244 g/mol. The normalized spacial score (nSPS) is 12.1. The molecule has 1 aromatic rings. The molecule has 0 aromatic carbocycles. The molecule has 1 unspecified atom stereocenters. The number of nitrogens with two attached hydrogens (primary N) is 1. The van der Waals surface area contributed by atoms with E-state index in [-0.39, 0.29) is 11.9 Å². The molecule has 0 aliphatic heterocycles. The topological polar surface area (TPSA) is 80.9 Å². The van der Waals surface area contributed by atoms with Crippen LogP contribution in [0.15, 0.2) is 0 Å². The molecule has 0 aliphatic rings. The average Bonchev–Trinajstić information content (AvgIpc) is 2.49. The van der Waals surface area contributed by atoms with Crippen LogP contribution < -0.4 is 11.1 Å². The number of amides is 1. The van der Waals surface area contributed by atoms with Crippen LogP contribution in [0.2, 0.25) is 0 Å². The number of thiocarbonyl (C=S) groups is 1. The Morgan fingerprint density at radius 2 is 2.40 bits per heavy atom. The number of nitrogens with one attached hydrogen (secondary N) is 1. The summed E-state index contributed by atoms with van der Waals surface area (Å²) in [5.41, 5.74) is 6.01. The lowest BCUT2D eigenvalue weighted by Crippen LogP contribution is -2.35. The molecule has 15 heavy (non-hydrogen) atoms. The van der Waals surface area contributed by atoms with Crippen molar-refractivity contribution < 1.29 is 4.79 Å². The summed E-state index contributed by atoms with van der Waals surface area (Å²) in [5.74, 6) is -0.175. The maximum atomic E-state index is 11.7. The SMILES string of the molecule is Cc1nnsc1C(=O)NC(C)CC(N)=S. The van der Waals surface area contributed by atoms with Crippen LogP contribution >= 0.6 is 23.8 Å². The predicted octanol–water partition coefficient (Wildman–Crippen LogP) is 0.641. The molecule has 82 valence electrons. The van der Waals surface area contributed by atoms with Crippen LogP contribution in [0.1, 0.15) is 28.7 Å². The Morgan fingerprint density at radius 1 is 1.73 bits per heavy atom. The Morgan fingerprint density at radius 3 is 2.87 bits per heavy atom. The van der Waals surface area contributed by atoms with Crippen molar-refractivity contribution in [3.8, 4) is 0 Å². The monoisotopic (exact) mass is 244 g/mol. The largest absolute Gasteiger partial charge is 0.393 e. The molecule has 0 fully saturated rings. The number of carbonyl (C=O) groups excluding carboxylic acids is 1. The minimum absolute atomic E-state index is 0.0727. The molecule has 1 rings (SSSR count). The Bertz CT molecular complexity index is 376. The third-order valence-electron chi connectivity index (χ3n) is 1.74. The van der Waals surface area contributed by atoms with Crippen molar-refractivity contribution in [1.82, 2.24) is 14.9 Å². The molecular weight excluding hydrogens is 232 g/mol. The zero-order valence-corrected chi connectivity index (χ0v) is 10.1. The highest BCUT2D eigenvalue weighted by atomic mass is 32.1. The molecule has 3 N–H and O–H groups in total. The van der Waals surface area contributed by atoms with Gasteiger partial charge in [-0.15, -0.1) is 5.10 Å². The lowest BCUT2D eigenvalue weighted by atomic mass is 10.2. The highest BCUT2D eigenvalue weighted by molar-refractivity contribution is 7.80. The third-order valence-corrected chi connectivity index (χ3v) is 2.74. The molecule has 0 bridgehead atoms. The summed E-state index contributed by atoms with van der Waals surface area (Å²) in [6.45, 7) is 3.59. The third kappa shape index (κ3) is 3.52. The molecule has 0 spiro atoms. The van der Waals surface area contributed by atoms with E-state index in [1.807, 2.05) is 6.92 Å². The summed E-state index contributed by atoms with van der Waals surface area (Å²) in [5, 5.41) is 6.54. The number of hydrogen-bond acceptors (Lipinski definition) is 5. The molecule has 1 amide bonds. The Kier molecular flexibility index (Phi) is 4.10. The van der Waals surface area contributed by atoms with Crippen LogP contribution in [0.25, 0.3) is 0 Å². The summed E-state index contributed by atoms with van der Waals surface area (Å²) in [4.78, 5) is 12.6. The highest BCUT2D eigenvalue weighted by Crippen LogP contribution is 2.09. The van der Waals surface area contributed by atoms with Crippen LogP contribution in [0.5, 0.6) is 0 Å². The first-order valence-electron chi connectivity index (χ1n) is 4.39. The van der Waals surface area contributed by atoms with Crippen LogP contribution in [0.3, 0.4) is 0 Å². The van der Waals surface area contributed by atoms with Gasteiger partial charge in [0.05, 0.1) is 10.7 Å². The van der Waals surface area contributed by atoms with Gasteiger partial charge in [-0.2, -0.15) is 0 Å². The fraction of sp³-hybridized carbons (Fsp3) is 0.500. The standard InChI is InChI=1S/C8H12N4OS2/c1-4(3-6(9)14)10-8(13)7-5(2)11-12-15-7/h4H,3H2,1-2H3,(H2,9,14)(H,10,13). The van der Waals surface area contributed by atoms with Crippen LogP contribution in [0, 0.1) is 6.92 Å². The van der Waals surface area contributed by atoms with Gasteiger partial charge in [0.1, 0.15) is 4.88 Å². The first-order valence-corrected chi connectivity index (χ1v) is 5.57. The Labute approximate surface area is 97.2 Å². The predicted molar refractivity (Wildman–Crippen MR) is 63.0 cm³/mol. The molecule has 0 aliphatic carbocycles. The summed E-state index contributed by atoms with van der Waals surface area (Å²) < 4.78 is 3.69. The van der Waals surface area contributed by atoms with Gasteiger partial charge < -0.3 is 11.1 Å². The quantitative estimate of drug-likeness (QED) is 0.760. The smallest absolute Gasteiger partial charge is 0.265 e. The Balaban J connectivity index is 2.56. The number of hydrogen-bond donors (Lipinski definition) is 2. The van der Waals surface area contributed by atoms with E-state index in [1.54, 1.807) is 6.92 Å². The van der Waals surface area contributed by atoms with Gasteiger partial charge in [-0.05, 0) is 25.4 Å². The number of carbonyl (C=O) groups is 1. The number of aryl methyl sites for hydroxylation is 1. The first kappa shape index (κ1) is 12.0. The second kappa shape index (κ2) is 5.13. The number of aromatic nitrogens is 2. The van der Waals surface area contributed by atoms with E-state index in [4.69, 9.17) is 18.0 Å². The lowest BCUT2D eigenvalue weighted by Gasteiger charge is -2.11. The summed E-state index contributed by atoms with van der Waals surface area (Å²) in [6, 6.07) is -0.0727. The van der Waals surface area contributed by atoms with Gasteiger partial charge in [-0.25, -0.2) is 0 Å². The zero-order chi connectivity index (χ0) is 11.4. The second-order valence-corrected chi connectivity index (χ2v) is 4.51. The highest BCUT2D eigenvalue weighted by Gasteiger charge is 2.15. The van der Waals surface area contributed by atoms with E-state index in [2.05, 4.69) is 14.9 Å². The van der Waals surface area contributed by atoms with Gasteiger partial charge in [-0.1, -0.05) is 16.7 Å². The summed E-state index contributed by atoms with van der Waals surface area (Å²) in [6.07, 6.45) is 0.492. The van der Waals surface area contributed by atoms with Crippen LogP contribution in [-0.2, 0) is 0 Å². The molecule has 1 atom stereocenters. The zero-order valence-electron chi connectivity index (χ0n) is 8.48. The number of rotatable bonds is 4. The lowest BCUT2D eigenvalue weighted by molar-refractivity contribution is 0.0944. The molecule has 0 saturated carbocycles. The molecular formula is C8H12N4OS2. The molecule has 7 heteroatoms. The summed E-state index contributed by atoms with van der Waals surface area (Å²) in [7, 11) is 0. The van der Waals surface area contributed by atoms with E-state index in [9.17, 15) is 4.79 Å². The summed E-state index contributed by atoms with van der Waals surface area (Å²) >= 11 is 5.84. The maximum Gasteiger partial charge on any atom is 0.265 e. The van der Waals surface area contributed by atoms with Crippen molar-refractivity contribution in [2.75, 3.05) is 0 Å². The maximum absolute atomic E-state index is 11.7. The van der Waals surface area contributed by atoms with E-state index in [1.165, 1.54) is 0 Å². The van der Waals surface area contributed by atoms with Crippen molar-refractivity contribution >= 4 is 34.6 Å². The van der Waals surface area contributed by atoms with Gasteiger partial charge >= 0.3 is 0 Å². The van der Waals surface area contributed by atoms with Crippen molar-refractivity contribution in [2.45, 2.75) is 26.3 Å². The van der Waals surface area contributed by atoms with Crippen LogP contribution in [-0.4, -0.2) is 26.5 Å². The van der Waals surface area contributed by atoms with Gasteiger partial charge in [0, 0.05) is 12.5 Å². The number of nitrogens with zero attached hydrogens (tertiary/aromatic N) is 2. The van der Waals surface area contributed by atoms with Gasteiger partial charge in [0.25, 0.3) is 5.91 Å². The molecule has 0 saturated heterocycles. The Hall–Kier alpha value is -1.08. The minimum atomic E-state index is -0.175. The van der Waals surface area contributed by atoms with Crippen molar-refractivity contribution in [3.05, 3.63) is 10.6 Å². The first-order chi connectivity index (χ1) is 7.00.